The smallest absolute Gasteiger partial charge is 0.204 e. The number of carbonyl (C=O) groups excluding carboxylic acids is 2. The van der Waals surface area contributed by atoms with E-state index in [1.807, 2.05) is 6.92 Å². The Labute approximate surface area is 78.7 Å². The van der Waals surface area contributed by atoms with Crippen LogP contribution in [-0.4, -0.2) is 11.6 Å². The summed E-state index contributed by atoms with van der Waals surface area (Å²) in [6, 6.07) is 2.05. The number of rotatable bonds is 4. The van der Waals surface area contributed by atoms with E-state index in [0.29, 0.717) is 6.42 Å². The minimum absolute atomic E-state index is 0.385. The molecule has 3 nitrogen and oxygen atoms in total. The Morgan fingerprint density at radius 1 is 1.46 bits per heavy atom. The molecule has 0 rings (SSSR count). The van der Waals surface area contributed by atoms with Gasteiger partial charge in [0.25, 0.3) is 0 Å². The summed E-state index contributed by atoms with van der Waals surface area (Å²) in [5.74, 6) is -1.32. The van der Waals surface area contributed by atoms with E-state index in [2.05, 4.69) is 6.07 Å². The van der Waals surface area contributed by atoms with Gasteiger partial charge in [-0.2, -0.15) is 5.26 Å². The molecule has 1 unspecified atom stereocenters. The molecule has 0 heterocycles. The summed E-state index contributed by atoms with van der Waals surface area (Å²) in [6.07, 6.45) is 0.586. The molecule has 0 bridgehead atoms. The molecule has 72 valence electrons. The van der Waals surface area contributed by atoms with Gasteiger partial charge in [0.05, 0.1) is 12.0 Å². The fourth-order valence-electron chi connectivity index (χ4n) is 1.37. The van der Waals surface area contributed by atoms with Gasteiger partial charge >= 0.3 is 0 Å². The topological polar surface area (TPSA) is 57.9 Å². The van der Waals surface area contributed by atoms with Gasteiger partial charge in [-0.1, -0.05) is 20.8 Å². The zero-order valence-corrected chi connectivity index (χ0v) is 8.55. The van der Waals surface area contributed by atoms with E-state index in [9.17, 15) is 9.59 Å². The van der Waals surface area contributed by atoms with Crippen molar-refractivity contribution in [3.8, 4) is 6.07 Å². The van der Waals surface area contributed by atoms with Crippen molar-refractivity contribution in [3.63, 3.8) is 0 Å². The first-order valence-corrected chi connectivity index (χ1v) is 4.32. The van der Waals surface area contributed by atoms with Gasteiger partial charge in [0.1, 0.15) is 0 Å². The second-order valence-electron chi connectivity index (χ2n) is 3.70. The molecule has 0 aliphatic rings. The van der Waals surface area contributed by atoms with E-state index in [4.69, 9.17) is 5.26 Å². The molecule has 0 aromatic rings. The summed E-state index contributed by atoms with van der Waals surface area (Å²) < 4.78 is 0. The van der Waals surface area contributed by atoms with Crippen molar-refractivity contribution < 1.29 is 9.59 Å². The largest absolute Gasteiger partial charge is 0.291 e. The van der Waals surface area contributed by atoms with Crippen molar-refractivity contribution in [2.24, 2.45) is 11.3 Å². The molecule has 1 atom stereocenters. The van der Waals surface area contributed by atoms with Gasteiger partial charge in [-0.3, -0.25) is 9.59 Å². The van der Waals surface area contributed by atoms with Gasteiger partial charge in [-0.15, -0.1) is 0 Å². The normalized spacial score (nSPS) is 13.2. The van der Waals surface area contributed by atoms with Crippen LogP contribution in [0.5, 0.6) is 0 Å². The maximum atomic E-state index is 11.4. The van der Waals surface area contributed by atoms with Crippen LogP contribution in [0.4, 0.5) is 0 Å². The molecular formula is C10H15NO2. The Balaban J connectivity index is 4.85. The Morgan fingerprint density at radius 3 is 2.15 bits per heavy atom. The van der Waals surface area contributed by atoms with Gasteiger partial charge in [0.2, 0.25) is 5.78 Å². The monoisotopic (exact) mass is 181 g/mol. The summed E-state index contributed by atoms with van der Waals surface area (Å²) in [5, 5.41) is 8.78. The molecule has 3 heteroatoms. The molecule has 0 N–H and O–H groups in total. The molecule has 0 fully saturated rings. The van der Waals surface area contributed by atoms with Gasteiger partial charge in [-0.25, -0.2) is 0 Å². The van der Waals surface area contributed by atoms with Crippen LogP contribution < -0.4 is 0 Å². The van der Waals surface area contributed by atoms with Gasteiger partial charge in [0.15, 0.2) is 5.78 Å². The van der Waals surface area contributed by atoms with E-state index in [1.165, 1.54) is 6.92 Å². The molecule has 0 aromatic heterocycles. The minimum atomic E-state index is -0.852. The summed E-state index contributed by atoms with van der Waals surface area (Å²) in [5.41, 5.74) is -0.852. The number of Topliss-reactive ketones (excluding diaryl/α,β-unsaturated/α-hetero) is 2. The molecule has 0 aliphatic heterocycles. The number of nitrogens with zero attached hydrogens (tertiary/aromatic N) is 1. The Hall–Kier alpha value is -1.17. The SMILES string of the molecule is CCC(C#N)C(C)(C)C(=O)C(C)=O. The number of nitriles is 1. The first-order valence-electron chi connectivity index (χ1n) is 4.32. The van der Waals surface area contributed by atoms with Crippen molar-refractivity contribution in [2.75, 3.05) is 0 Å². The lowest BCUT2D eigenvalue weighted by atomic mass is 9.74. The molecule has 0 spiro atoms. The summed E-state index contributed by atoms with van der Waals surface area (Å²) in [6.45, 7) is 6.37. The van der Waals surface area contributed by atoms with Crippen LogP contribution in [0.25, 0.3) is 0 Å². The lowest BCUT2D eigenvalue weighted by Crippen LogP contribution is -2.36. The maximum absolute atomic E-state index is 11.4. The summed E-state index contributed by atoms with van der Waals surface area (Å²) in [7, 11) is 0. The fraction of sp³-hybridized carbons (Fsp3) is 0.700. The van der Waals surface area contributed by atoms with Crippen LogP contribution >= 0.6 is 0 Å². The van der Waals surface area contributed by atoms with Crippen LogP contribution in [0, 0.1) is 22.7 Å². The molecule has 0 saturated heterocycles. The Bertz CT molecular complexity index is 261. The highest BCUT2D eigenvalue weighted by molar-refractivity contribution is 6.38. The molecule has 0 aliphatic carbocycles. The summed E-state index contributed by atoms with van der Waals surface area (Å²) in [4.78, 5) is 22.3. The minimum Gasteiger partial charge on any atom is -0.291 e. The first-order chi connectivity index (χ1) is 5.87. The predicted octanol–water partition coefficient (Wildman–Crippen LogP) is 1.72. The van der Waals surface area contributed by atoms with Crippen molar-refractivity contribution in [1.29, 1.82) is 5.26 Å². The average Bonchev–Trinajstić information content (AvgIpc) is 2.04. The highest BCUT2D eigenvalue weighted by atomic mass is 16.2. The zero-order valence-electron chi connectivity index (χ0n) is 8.55. The number of carbonyl (C=O) groups is 2. The van der Waals surface area contributed by atoms with E-state index in [0.717, 1.165) is 0 Å². The third kappa shape index (κ3) is 2.38. The van der Waals surface area contributed by atoms with Gasteiger partial charge in [0, 0.05) is 12.3 Å². The van der Waals surface area contributed by atoms with Crippen molar-refractivity contribution in [1.82, 2.24) is 0 Å². The Kier molecular flexibility index (Phi) is 3.80. The molecule has 0 aromatic carbocycles. The highest BCUT2D eigenvalue weighted by Gasteiger charge is 2.37. The lowest BCUT2D eigenvalue weighted by Gasteiger charge is -2.25. The van der Waals surface area contributed by atoms with Crippen LogP contribution in [0.3, 0.4) is 0 Å². The standard InChI is InChI=1S/C10H15NO2/c1-5-8(6-11)10(3,4)9(13)7(2)12/h8H,5H2,1-4H3. The lowest BCUT2D eigenvalue weighted by molar-refractivity contribution is -0.141. The first kappa shape index (κ1) is 11.8. The van der Waals surface area contributed by atoms with Crippen molar-refractivity contribution in [3.05, 3.63) is 0 Å². The fourth-order valence-corrected chi connectivity index (χ4v) is 1.37. The predicted molar refractivity (Wildman–Crippen MR) is 48.9 cm³/mol. The average molecular weight is 181 g/mol. The highest BCUT2D eigenvalue weighted by Crippen LogP contribution is 2.30. The zero-order chi connectivity index (χ0) is 10.6. The van der Waals surface area contributed by atoms with E-state index < -0.39 is 17.0 Å². The van der Waals surface area contributed by atoms with E-state index >= 15 is 0 Å². The van der Waals surface area contributed by atoms with Crippen molar-refractivity contribution in [2.45, 2.75) is 34.1 Å². The van der Waals surface area contributed by atoms with Crippen molar-refractivity contribution >= 4 is 11.6 Å². The molecule has 0 saturated carbocycles. The van der Waals surface area contributed by atoms with Crippen LogP contribution in [0.2, 0.25) is 0 Å². The third-order valence-corrected chi connectivity index (χ3v) is 2.34. The number of hydrogen-bond acceptors (Lipinski definition) is 3. The maximum Gasteiger partial charge on any atom is 0.204 e. The van der Waals surface area contributed by atoms with E-state index in [-0.39, 0.29) is 5.92 Å². The quantitative estimate of drug-likeness (QED) is 0.620. The number of ketones is 2. The van der Waals surface area contributed by atoms with Crippen LogP contribution in [-0.2, 0) is 9.59 Å². The molecular weight excluding hydrogens is 166 g/mol. The van der Waals surface area contributed by atoms with Crippen LogP contribution in [0.1, 0.15) is 34.1 Å². The second-order valence-corrected chi connectivity index (χ2v) is 3.70. The molecule has 0 radical (unpaired) electrons. The molecule has 0 amide bonds. The van der Waals surface area contributed by atoms with Crippen LogP contribution in [0.15, 0.2) is 0 Å². The van der Waals surface area contributed by atoms with E-state index in [1.54, 1.807) is 13.8 Å². The molecule has 13 heavy (non-hydrogen) atoms. The Morgan fingerprint density at radius 2 is 1.92 bits per heavy atom. The van der Waals surface area contributed by atoms with Gasteiger partial charge in [-0.05, 0) is 6.42 Å². The second kappa shape index (κ2) is 4.18. The number of hydrogen-bond donors (Lipinski definition) is 0. The third-order valence-electron chi connectivity index (χ3n) is 2.34. The summed E-state index contributed by atoms with van der Waals surface area (Å²) >= 11 is 0. The van der Waals surface area contributed by atoms with Gasteiger partial charge < -0.3 is 0 Å².